The molecule has 0 aliphatic heterocycles. The zero-order chi connectivity index (χ0) is 21.3. The molecule has 0 aliphatic rings. The third kappa shape index (κ3) is 3.82. The number of aromatic nitrogens is 1. The summed E-state index contributed by atoms with van der Waals surface area (Å²) in [6, 6.07) is 6.07. The summed E-state index contributed by atoms with van der Waals surface area (Å²) in [6.07, 6.45) is 0.347. The molecule has 0 aliphatic carbocycles. The molecular formula is C21H18ClF2NO4. The minimum absolute atomic E-state index is 0.000456. The van der Waals surface area contributed by atoms with E-state index in [9.17, 15) is 23.5 Å². The van der Waals surface area contributed by atoms with Gasteiger partial charge in [0, 0.05) is 16.6 Å². The fourth-order valence-corrected chi connectivity index (χ4v) is 3.29. The predicted molar refractivity (Wildman–Crippen MR) is 104 cm³/mol. The summed E-state index contributed by atoms with van der Waals surface area (Å²) < 4.78 is 34.8. The molecule has 29 heavy (non-hydrogen) atoms. The van der Waals surface area contributed by atoms with Gasteiger partial charge in [0.2, 0.25) is 0 Å². The Morgan fingerprint density at radius 2 is 1.93 bits per heavy atom. The average molecular weight is 422 g/mol. The van der Waals surface area contributed by atoms with Gasteiger partial charge in [-0.15, -0.1) is 0 Å². The quantitative estimate of drug-likeness (QED) is 0.602. The molecule has 0 radical (unpaired) electrons. The van der Waals surface area contributed by atoms with Gasteiger partial charge in [0.15, 0.2) is 11.6 Å². The lowest BCUT2D eigenvalue weighted by Gasteiger charge is -2.08. The highest BCUT2D eigenvalue weighted by molar-refractivity contribution is 6.30. The van der Waals surface area contributed by atoms with Crippen LogP contribution >= 0.6 is 11.6 Å². The van der Waals surface area contributed by atoms with Gasteiger partial charge in [-0.3, -0.25) is 14.2 Å². The summed E-state index contributed by atoms with van der Waals surface area (Å²) in [7, 11) is 0. The van der Waals surface area contributed by atoms with Crippen LogP contribution in [0.4, 0.5) is 8.78 Å². The van der Waals surface area contributed by atoms with Crippen LogP contribution in [0, 0.1) is 18.6 Å². The minimum Gasteiger partial charge on any atom is -0.505 e. The molecule has 0 fully saturated rings. The SMILES string of the molecule is CCCOC(=O)Cc1c(C)n(C(=O)c2ccc(Cl)c(F)c2)c2ccc(O)c(F)c12. The number of hydrogen-bond donors (Lipinski definition) is 1. The highest BCUT2D eigenvalue weighted by Gasteiger charge is 2.25. The number of ether oxygens (including phenoxy) is 1. The first kappa shape index (κ1) is 20.8. The molecule has 0 saturated heterocycles. The summed E-state index contributed by atoms with van der Waals surface area (Å²) in [4.78, 5) is 25.2. The molecule has 1 heterocycles. The second-order valence-corrected chi connectivity index (χ2v) is 6.93. The minimum atomic E-state index is -0.947. The van der Waals surface area contributed by atoms with Crippen LogP contribution in [0.25, 0.3) is 10.9 Å². The van der Waals surface area contributed by atoms with Crippen LogP contribution in [-0.4, -0.2) is 28.2 Å². The number of fused-ring (bicyclic) bond motifs is 1. The largest absolute Gasteiger partial charge is 0.505 e. The van der Waals surface area contributed by atoms with Crippen molar-refractivity contribution in [1.82, 2.24) is 4.57 Å². The van der Waals surface area contributed by atoms with Crippen LogP contribution in [0.15, 0.2) is 30.3 Å². The Morgan fingerprint density at radius 3 is 2.59 bits per heavy atom. The number of phenols is 1. The second kappa shape index (κ2) is 8.21. The number of carbonyl (C=O) groups excluding carboxylic acids is 2. The van der Waals surface area contributed by atoms with Gasteiger partial charge >= 0.3 is 5.97 Å². The Morgan fingerprint density at radius 1 is 1.21 bits per heavy atom. The number of rotatable bonds is 5. The van der Waals surface area contributed by atoms with Gasteiger partial charge < -0.3 is 9.84 Å². The standard InChI is InChI=1S/C21H18ClF2NO4/c1-3-8-29-18(27)10-13-11(2)25(16-6-7-17(26)20(24)19(13)16)21(28)12-4-5-14(22)15(23)9-12/h4-7,9,26H,3,8,10H2,1-2H3. The molecule has 5 nitrogen and oxygen atoms in total. The van der Waals surface area contributed by atoms with Crippen molar-refractivity contribution < 1.29 is 28.2 Å². The molecule has 3 rings (SSSR count). The molecule has 1 N–H and O–H groups in total. The zero-order valence-electron chi connectivity index (χ0n) is 15.8. The Balaban J connectivity index is 2.18. The van der Waals surface area contributed by atoms with Gasteiger partial charge in [-0.05, 0) is 49.2 Å². The first-order valence-electron chi connectivity index (χ1n) is 8.93. The normalized spacial score (nSPS) is 11.1. The van der Waals surface area contributed by atoms with Gasteiger partial charge in [-0.1, -0.05) is 18.5 Å². The first-order chi connectivity index (χ1) is 13.8. The van der Waals surface area contributed by atoms with E-state index < -0.39 is 29.3 Å². The highest BCUT2D eigenvalue weighted by atomic mass is 35.5. The van der Waals surface area contributed by atoms with E-state index in [0.29, 0.717) is 12.1 Å². The average Bonchev–Trinajstić information content (AvgIpc) is 2.96. The van der Waals surface area contributed by atoms with E-state index >= 15 is 0 Å². The van der Waals surface area contributed by atoms with Crippen molar-refractivity contribution >= 4 is 34.4 Å². The number of halogens is 3. The highest BCUT2D eigenvalue weighted by Crippen LogP contribution is 2.34. The molecule has 152 valence electrons. The molecule has 0 unspecified atom stereocenters. The van der Waals surface area contributed by atoms with Crippen LogP contribution in [0.3, 0.4) is 0 Å². The number of esters is 1. The Hall–Kier alpha value is -2.93. The van der Waals surface area contributed by atoms with Crippen molar-refractivity contribution in [2.75, 3.05) is 6.61 Å². The molecule has 2 aromatic carbocycles. The zero-order valence-corrected chi connectivity index (χ0v) is 16.5. The van der Waals surface area contributed by atoms with E-state index in [-0.39, 0.29) is 40.1 Å². The van der Waals surface area contributed by atoms with Crippen molar-refractivity contribution in [3.8, 4) is 5.75 Å². The fraction of sp³-hybridized carbons (Fsp3) is 0.238. The van der Waals surface area contributed by atoms with E-state index in [2.05, 4.69) is 0 Å². The van der Waals surface area contributed by atoms with Crippen LogP contribution in [0.2, 0.25) is 5.02 Å². The summed E-state index contributed by atoms with van der Waals surface area (Å²) in [5.74, 6) is -3.53. The maximum Gasteiger partial charge on any atom is 0.310 e. The Bertz CT molecular complexity index is 1120. The Labute approximate surface area is 170 Å². The lowest BCUT2D eigenvalue weighted by molar-refractivity contribution is -0.142. The molecule has 1 aromatic heterocycles. The molecule has 0 amide bonds. The lowest BCUT2D eigenvalue weighted by atomic mass is 10.1. The summed E-state index contributed by atoms with van der Waals surface area (Å²) in [5, 5.41) is 9.60. The third-order valence-corrected chi connectivity index (χ3v) is 4.88. The number of hydrogen-bond acceptors (Lipinski definition) is 4. The van der Waals surface area contributed by atoms with Gasteiger partial charge in [-0.25, -0.2) is 8.78 Å². The van der Waals surface area contributed by atoms with Crippen molar-refractivity contribution in [3.63, 3.8) is 0 Å². The summed E-state index contributed by atoms with van der Waals surface area (Å²) in [6.45, 7) is 3.60. The van der Waals surface area contributed by atoms with E-state index in [0.717, 1.165) is 12.1 Å². The third-order valence-electron chi connectivity index (χ3n) is 4.57. The van der Waals surface area contributed by atoms with Crippen molar-refractivity contribution in [1.29, 1.82) is 0 Å². The van der Waals surface area contributed by atoms with Gasteiger partial charge in [0.1, 0.15) is 5.82 Å². The Kier molecular flexibility index (Phi) is 5.88. The monoisotopic (exact) mass is 421 g/mol. The van der Waals surface area contributed by atoms with Gasteiger partial charge in [0.25, 0.3) is 5.91 Å². The predicted octanol–water partition coefficient (Wildman–Crippen LogP) is 4.77. The second-order valence-electron chi connectivity index (χ2n) is 6.52. The van der Waals surface area contributed by atoms with Gasteiger partial charge in [0.05, 0.1) is 23.6 Å². The van der Waals surface area contributed by atoms with Gasteiger partial charge in [-0.2, -0.15) is 0 Å². The summed E-state index contributed by atoms with van der Waals surface area (Å²) in [5.41, 5.74) is 0.660. The molecule has 0 bridgehead atoms. The van der Waals surface area contributed by atoms with Crippen LogP contribution in [0.1, 0.15) is 35.0 Å². The molecule has 0 atom stereocenters. The number of aromatic hydroxyl groups is 1. The van der Waals surface area contributed by atoms with Crippen molar-refractivity contribution in [3.05, 3.63) is 63.8 Å². The first-order valence-corrected chi connectivity index (χ1v) is 9.30. The van der Waals surface area contributed by atoms with Crippen molar-refractivity contribution in [2.24, 2.45) is 0 Å². The van der Waals surface area contributed by atoms with Crippen LogP contribution < -0.4 is 0 Å². The number of nitrogens with zero attached hydrogens (tertiary/aromatic N) is 1. The smallest absolute Gasteiger partial charge is 0.310 e. The van der Waals surface area contributed by atoms with E-state index in [1.165, 1.54) is 22.8 Å². The van der Waals surface area contributed by atoms with E-state index in [4.69, 9.17) is 16.3 Å². The maximum absolute atomic E-state index is 14.7. The maximum atomic E-state index is 14.7. The number of benzene rings is 2. The molecule has 0 spiro atoms. The molecule has 0 saturated carbocycles. The van der Waals surface area contributed by atoms with Crippen molar-refractivity contribution in [2.45, 2.75) is 26.7 Å². The molecule has 3 aromatic rings. The van der Waals surface area contributed by atoms with E-state index in [1.807, 2.05) is 6.92 Å². The molecular weight excluding hydrogens is 404 g/mol. The number of phenolic OH excluding ortho intramolecular Hbond substituents is 1. The molecule has 8 heteroatoms. The number of carbonyl (C=O) groups is 2. The van der Waals surface area contributed by atoms with Crippen LogP contribution in [0.5, 0.6) is 5.75 Å². The van der Waals surface area contributed by atoms with Crippen LogP contribution in [-0.2, 0) is 16.0 Å². The topological polar surface area (TPSA) is 68.5 Å². The van der Waals surface area contributed by atoms with E-state index in [1.54, 1.807) is 6.92 Å². The fourth-order valence-electron chi connectivity index (χ4n) is 3.17. The summed E-state index contributed by atoms with van der Waals surface area (Å²) >= 11 is 5.68. The lowest BCUT2D eigenvalue weighted by Crippen LogP contribution is -2.15.